The lowest BCUT2D eigenvalue weighted by atomic mass is 10.1. The predicted molar refractivity (Wildman–Crippen MR) is 88.3 cm³/mol. The van der Waals surface area contributed by atoms with Gasteiger partial charge in [0, 0.05) is 16.7 Å². The van der Waals surface area contributed by atoms with Crippen molar-refractivity contribution in [1.82, 2.24) is 10.1 Å². The third-order valence-electron chi connectivity index (χ3n) is 3.62. The monoisotopic (exact) mass is 316 g/mol. The molecule has 0 aliphatic heterocycles. The van der Waals surface area contributed by atoms with E-state index in [0.717, 1.165) is 16.7 Å². The van der Waals surface area contributed by atoms with Gasteiger partial charge in [-0.15, -0.1) is 0 Å². The lowest BCUT2D eigenvalue weighted by Gasteiger charge is -1.98. The van der Waals surface area contributed by atoms with E-state index < -0.39 is 0 Å². The summed E-state index contributed by atoms with van der Waals surface area (Å²) in [5, 5.41) is 4.01. The Kier molecular flexibility index (Phi) is 3.51. The summed E-state index contributed by atoms with van der Waals surface area (Å²) in [5.74, 6) is 1.95. The summed E-state index contributed by atoms with van der Waals surface area (Å²) in [6, 6.07) is 20.6. The number of hydrogen-bond acceptors (Lipinski definition) is 5. The van der Waals surface area contributed by atoms with Crippen molar-refractivity contribution in [3.63, 3.8) is 0 Å². The second kappa shape index (κ2) is 5.96. The van der Waals surface area contributed by atoms with Gasteiger partial charge in [-0.25, -0.2) is 0 Å². The van der Waals surface area contributed by atoms with Crippen molar-refractivity contribution < 1.29 is 13.7 Å². The molecule has 2 aromatic carbocycles. The van der Waals surface area contributed by atoms with Gasteiger partial charge in [-0.1, -0.05) is 47.6 Å². The highest BCUT2D eigenvalue weighted by Gasteiger charge is 2.11. The molecule has 0 unspecified atom stereocenters. The third kappa shape index (κ3) is 2.63. The summed E-state index contributed by atoms with van der Waals surface area (Å²) >= 11 is 0. The van der Waals surface area contributed by atoms with E-state index in [4.69, 9.17) is 8.94 Å². The van der Waals surface area contributed by atoms with Gasteiger partial charge in [-0.05, 0) is 24.3 Å². The summed E-state index contributed by atoms with van der Waals surface area (Å²) in [5.41, 5.74) is 2.59. The Morgan fingerprint density at radius 1 is 0.792 bits per heavy atom. The first-order valence-electron chi connectivity index (χ1n) is 7.38. The largest absolute Gasteiger partial charge is 0.453 e. The van der Waals surface area contributed by atoms with Crippen LogP contribution < -0.4 is 0 Å². The number of rotatable bonds is 4. The van der Waals surface area contributed by atoms with E-state index in [1.165, 1.54) is 0 Å². The van der Waals surface area contributed by atoms with E-state index in [1.807, 2.05) is 54.6 Å². The molecule has 4 rings (SSSR count). The van der Waals surface area contributed by atoms with E-state index >= 15 is 0 Å². The third-order valence-corrected chi connectivity index (χ3v) is 3.62. The first-order chi connectivity index (χ1) is 11.8. The second-order valence-electron chi connectivity index (χ2n) is 5.19. The molecule has 0 atom stereocenters. The average molecular weight is 316 g/mol. The van der Waals surface area contributed by atoms with Gasteiger partial charge in [-0.3, -0.25) is 4.79 Å². The number of hydrogen-bond donors (Lipinski definition) is 0. The quantitative estimate of drug-likeness (QED) is 0.519. The summed E-state index contributed by atoms with van der Waals surface area (Å²) in [6.45, 7) is 0. The molecule has 24 heavy (non-hydrogen) atoms. The summed E-state index contributed by atoms with van der Waals surface area (Å²) < 4.78 is 10.7. The molecule has 0 spiro atoms. The lowest BCUT2D eigenvalue weighted by molar-refractivity contribution is 0.110. The molecular formula is C19H12N2O3. The first kappa shape index (κ1) is 14.1. The number of carbonyl (C=O) groups excluding carboxylic acids is 1. The summed E-state index contributed by atoms with van der Waals surface area (Å²) in [6.07, 6.45) is 0.682. The van der Waals surface area contributed by atoms with Gasteiger partial charge < -0.3 is 8.94 Å². The molecule has 116 valence electrons. The molecule has 0 fully saturated rings. The standard InChI is InChI=1S/C19H12N2O3/c22-12-16-10-11-17(23-16)13-6-8-15(9-7-13)19-20-18(21-24-19)14-4-2-1-3-5-14/h1-12H. The summed E-state index contributed by atoms with van der Waals surface area (Å²) in [7, 11) is 0. The molecule has 0 bridgehead atoms. The number of nitrogens with zero attached hydrogens (tertiary/aromatic N) is 2. The number of carbonyl (C=O) groups is 1. The first-order valence-corrected chi connectivity index (χ1v) is 7.38. The molecule has 0 aliphatic carbocycles. The van der Waals surface area contributed by atoms with E-state index in [-0.39, 0.29) is 0 Å². The maximum atomic E-state index is 10.7. The van der Waals surface area contributed by atoms with Crippen molar-refractivity contribution in [2.24, 2.45) is 0 Å². The van der Waals surface area contributed by atoms with Crippen LogP contribution in [0.3, 0.4) is 0 Å². The Hall–Kier alpha value is -3.47. The molecule has 0 saturated heterocycles. The highest BCUT2D eigenvalue weighted by atomic mass is 16.5. The molecule has 0 radical (unpaired) electrons. The zero-order valence-corrected chi connectivity index (χ0v) is 12.5. The molecule has 0 saturated carbocycles. The fourth-order valence-corrected chi connectivity index (χ4v) is 2.39. The van der Waals surface area contributed by atoms with Crippen molar-refractivity contribution in [1.29, 1.82) is 0 Å². The lowest BCUT2D eigenvalue weighted by Crippen LogP contribution is -1.81. The van der Waals surface area contributed by atoms with Crippen molar-refractivity contribution in [3.05, 3.63) is 72.5 Å². The Bertz CT molecular complexity index is 969. The number of aromatic nitrogens is 2. The molecule has 0 aliphatic rings. The SMILES string of the molecule is O=Cc1ccc(-c2ccc(-c3nc(-c4ccccc4)no3)cc2)o1. The minimum absolute atomic E-state index is 0.304. The Morgan fingerprint density at radius 3 is 2.25 bits per heavy atom. The van der Waals surface area contributed by atoms with Crippen molar-refractivity contribution in [2.75, 3.05) is 0 Å². The minimum atomic E-state index is 0.304. The van der Waals surface area contributed by atoms with Gasteiger partial charge in [0.1, 0.15) is 5.76 Å². The Morgan fingerprint density at radius 2 is 1.54 bits per heavy atom. The van der Waals surface area contributed by atoms with Gasteiger partial charge in [-0.2, -0.15) is 4.98 Å². The summed E-state index contributed by atoms with van der Waals surface area (Å²) in [4.78, 5) is 15.1. The van der Waals surface area contributed by atoms with Gasteiger partial charge in [0.25, 0.3) is 5.89 Å². The average Bonchev–Trinajstić information content (AvgIpc) is 3.32. The van der Waals surface area contributed by atoms with Crippen LogP contribution in [0.25, 0.3) is 34.2 Å². The van der Waals surface area contributed by atoms with Crippen LogP contribution >= 0.6 is 0 Å². The van der Waals surface area contributed by atoms with Crippen LogP contribution in [0.2, 0.25) is 0 Å². The minimum Gasteiger partial charge on any atom is -0.453 e. The smallest absolute Gasteiger partial charge is 0.258 e. The topological polar surface area (TPSA) is 69.1 Å². The molecule has 2 aromatic heterocycles. The van der Waals surface area contributed by atoms with Crippen LogP contribution in [-0.4, -0.2) is 16.4 Å². The van der Waals surface area contributed by atoms with Crippen LogP contribution in [0.1, 0.15) is 10.6 Å². The normalized spacial score (nSPS) is 10.7. The van der Waals surface area contributed by atoms with Gasteiger partial charge in [0.2, 0.25) is 5.82 Å². The van der Waals surface area contributed by atoms with Crippen LogP contribution in [0.4, 0.5) is 0 Å². The van der Waals surface area contributed by atoms with Gasteiger partial charge in [0.15, 0.2) is 12.0 Å². The molecule has 5 nitrogen and oxygen atoms in total. The van der Waals surface area contributed by atoms with Crippen molar-refractivity contribution in [2.45, 2.75) is 0 Å². The van der Waals surface area contributed by atoms with Crippen LogP contribution in [0.15, 0.2) is 75.7 Å². The molecule has 2 heterocycles. The van der Waals surface area contributed by atoms with E-state index in [2.05, 4.69) is 10.1 Å². The number of aldehydes is 1. The number of furan rings is 1. The van der Waals surface area contributed by atoms with E-state index in [1.54, 1.807) is 12.1 Å². The number of benzene rings is 2. The van der Waals surface area contributed by atoms with Crippen molar-refractivity contribution in [3.8, 4) is 34.2 Å². The Balaban J connectivity index is 1.61. The molecular weight excluding hydrogens is 304 g/mol. The van der Waals surface area contributed by atoms with E-state index in [9.17, 15) is 4.79 Å². The van der Waals surface area contributed by atoms with Crippen LogP contribution in [0.5, 0.6) is 0 Å². The highest BCUT2D eigenvalue weighted by Crippen LogP contribution is 2.26. The molecule has 0 N–H and O–H groups in total. The highest BCUT2D eigenvalue weighted by molar-refractivity contribution is 5.73. The fourth-order valence-electron chi connectivity index (χ4n) is 2.39. The fraction of sp³-hybridized carbons (Fsp3) is 0. The van der Waals surface area contributed by atoms with Gasteiger partial charge in [0.05, 0.1) is 0 Å². The van der Waals surface area contributed by atoms with Crippen LogP contribution in [0, 0.1) is 0 Å². The molecule has 0 amide bonds. The maximum absolute atomic E-state index is 10.7. The molecule has 4 aromatic rings. The van der Waals surface area contributed by atoms with Crippen LogP contribution in [-0.2, 0) is 0 Å². The maximum Gasteiger partial charge on any atom is 0.258 e. The van der Waals surface area contributed by atoms with Crippen molar-refractivity contribution >= 4 is 6.29 Å². The second-order valence-corrected chi connectivity index (χ2v) is 5.19. The predicted octanol–water partition coefficient (Wildman–Crippen LogP) is 4.48. The zero-order valence-electron chi connectivity index (χ0n) is 12.5. The Labute approximate surface area is 137 Å². The molecule has 5 heteroatoms. The zero-order chi connectivity index (χ0) is 16.4. The van der Waals surface area contributed by atoms with E-state index in [0.29, 0.717) is 29.5 Å². The van der Waals surface area contributed by atoms with Gasteiger partial charge >= 0.3 is 0 Å².